The molecule has 0 aliphatic rings. The number of nitrogens with one attached hydrogen (secondary N) is 2. The van der Waals surface area contributed by atoms with Crippen LogP contribution in [0.5, 0.6) is 0 Å². The molecule has 0 fully saturated rings. The molecule has 0 aliphatic carbocycles. The van der Waals surface area contributed by atoms with E-state index < -0.39 is 5.56 Å². The van der Waals surface area contributed by atoms with Gasteiger partial charge in [-0.1, -0.05) is 48.5 Å². The molecular formula is C28H22N8O2. The molecule has 2 N–H and O–H groups in total. The molecule has 0 saturated carbocycles. The summed E-state index contributed by atoms with van der Waals surface area (Å²) in [6.07, 6.45) is 1.82. The summed E-state index contributed by atoms with van der Waals surface area (Å²) in [5.74, 6) is 0.0327. The number of anilines is 1. The van der Waals surface area contributed by atoms with Crippen molar-refractivity contribution in [1.82, 2.24) is 19.6 Å². The molecule has 5 aromatic rings. The SMILES string of the molecule is CC(=O)Nc1ccc(-n2[nH]c(Cc3ccccc3)c(N=Nc3c(C#N)cnn3-c3ccccc3)c2=O)cc1. The van der Waals surface area contributed by atoms with Gasteiger partial charge in [0.25, 0.3) is 5.56 Å². The van der Waals surface area contributed by atoms with Crippen molar-refractivity contribution in [1.29, 1.82) is 5.26 Å². The van der Waals surface area contributed by atoms with E-state index in [1.165, 1.54) is 22.5 Å². The van der Waals surface area contributed by atoms with Crippen molar-refractivity contribution in [3.05, 3.63) is 118 Å². The van der Waals surface area contributed by atoms with Gasteiger partial charge in [-0.05, 0) is 42.0 Å². The average Bonchev–Trinajstić information content (AvgIpc) is 3.49. The van der Waals surface area contributed by atoms with Crippen LogP contribution in [0.2, 0.25) is 0 Å². The Balaban J connectivity index is 1.58. The fraction of sp³-hybridized carbons (Fsp3) is 0.0714. The summed E-state index contributed by atoms with van der Waals surface area (Å²) in [5, 5.41) is 28.4. The first-order chi connectivity index (χ1) is 18.5. The second-order valence-corrected chi connectivity index (χ2v) is 8.41. The third-order valence-electron chi connectivity index (χ3n) is 5.72. The monoisotopic (exact) mass is 502 g/mol. The molecule has 1 amide bonds. The van der Waals surface area contributed by atoms with Gasteiger partial charge in [-0.15, -0.1) is 10.2 Å². The van der Waals surface area contributed by atoms with Crippen LogP contribution in [-0.2, 0) is 11.2 Å². The summed E-state index contributed by atoms with van der Waals surface area (Å²) < 4.78 is 2.88. The highest BCUT2D eigenvalue weighted by molar-refractivity contribution is 5.88. The third kappa shape index (κ3) is 5.03. The van der Waals surface area contributed by atoms with Gasteiger partial charge in [-0.25, -0.2) is 9.36 Å². The number of nitriles is 1. The number of rotatable bonds is 7. The lowest BCUT2D eigenvalue weighted by Crippen LogP contribution is -2.14. The van der Waals surface area contributed by atoms with Gasteiger partial charge in [0.05, 0.1) is 23.3 Å². The normalized spacial score (nSPS) is 10.9. The second-order valence-electron chi connectivity index (χ2n) is 8.41. The molecule has 10 heteroatoms. The minimum absolute atomic E-state index is 0.115. The molecule has 0 unspecified atom stereocenters. The molecule has 0 aliphatic heterocycles. The predicted molar refractivity (Wildman–Crippen MR) is 142 cm³/mol. The highest BCUT2D eigenvalue weighted by Gasteiger charge is 2.18. The van der Waals surface area contributed by atoms with Gasteiger partial charge in [-0.2, -0.15) is 10.4 Å². The number of para-hydroxylation sites is 1. The predicted octanol–water partition coefficient (Wildman–Crippen LogP) is 5.19. The quantitative estimate of drug-likeness (QED) is 0.296. The second kappa shape index (κ2) is 10.6. The van der Waals surface area contributed by atoms with E-state index in [1.54, 1.807) is 24.3 Å². The molecule has 5 rings (SSSR count). The van der Waals surface area contributed by atoms with Gasteiger partial charge < -0.3 is 5.32 Å². The summed E-state index contributed by atoms with van der Waals surface area (Å²) in [6.45, 7) is 1.43. The Labute approximate surface area is 217 Å². The first-order valence-corrected chi connectivity index (χ1v) is 11.7. The Morgan fingerprint density at radius 2 is 1.66 bits per heavy atom. The Morgan fingerprint density at radius 1 is 0.974 bits per heavy atom. The molecule has 3 aromatic carbocycles. The summed E-state index contributed by atoms with van der Waals surface area (Å²) in [6, 6.07) is 27.9. The van der Waals surface area contributed by atoms with Gasteiger partial charge in [0.1, 0.15) is 11.6 Å². The smallest absolute Gasteiger partial charge is 0.299 e. The summed E-state index contributed by atoms with van der Waals surface area (Å²) in [7, 11) is 0. The number of benzene rings is 3. The molecule has 2 aromatic heterocycles. The zero-order chi connectivity index (χ0) is 26.5. The number of carbonyl (C=O) groups excluding carboxylic acids is 1. The number of carbonyl (C=O) groups is 1. The summed E-state index contributed by atoms with van der Waals surface area (Å²) in [4.78, 5) is 24.9. The molecule has 10 nitrogen and oxygen atoms in total. The summed E-state index contributed by atoms with van der Waals surface area (Å²) >= 11 is 0. The molecule has 0 radical (unpaired) electrons. The van der Waals surface area contributed by atoms with E-state index in [9.17, 15) is 14.9 Å². The van der Waals surface area contributed by atoms with E-state index in [0.717, 1.165) is 5.56 Å². The fourth-order valence-corrected chi connectivity index (χ4v) is 3.95. The number of azo groups is 1. The van der Waals surface area contributed by atoms with Crippen molar-refractivity contribution in [3.8, 4) is 17.4 Å². The maximum absolute atomic E-state index is 13.5. The first kappa shape index (κ1) is 24.1. The molecule has 38 heavy (non-hydrogen) atoms. The van der Waals surface area contributed by atoms with Crippen molar-refractivity contribution in [3.63, 3.8) is 0 Å². The number of hydrogen-bond donors (Lipinski definition) is 2. The number of amides is 1. The maximum atomic E-state index is 13.5. The topological polar surface area (TPSA) is 133 Å². The Hall–Kier alpha value is -5.56. The standard InChI is InChI=1S/C28H22N8O2/c1-19(37)31-22-12-14-24(15-13-22)36-28(38)26(25(34-36)16-20-8-4-2-5-9-20)32-33-27-21(17-29)18-30-35(27)23-10-6-3-7-11-23/h2-15,18,34H,16H2,1H3,(H,31,37). The highest BCUT2D eigenvalue weighted by Crippen LogP contribution is 2.26. The lowest BCUT2D eigenvalue weighted by atomic mass is 10.1. The van der Waals surface area contributed by atoms with Crippen LogP contribution in [-0.4, -0.2) is 25.5 Å². The zero-order valence-corrected chi connectivity index (χ0v) is 20.4. The van der Waals surface area contributed by atoms with Crippen LogP contribution in [0.15, 0.2) is 106 Å². The van der Waals surface area contributed by atoms with E-state index in [0.29, 0.717) is 29.2 Å². The van der Waals surface area contributed by atoms with Crippen LogP contribution in [0.25, 0.3) is 11.4 Å². The van der Waals surface area contributed by atoms with Gasteiger partial charge >= 0.3 is 0 Å². The van der Waals surface area contributed by atoms with E-state index >= 15 is 0 Å². The van der Waals surface area contributed by atoms with Crippen LogP contribution in [0.4, 0.5) is 17.2 Å². The van der Waals surface area contributed by atoms with E-state index in [2.05, 4.69) is 31.8 Å². The largest absolute Gasteiger partial charge is 0.326 e. The van der Waals surface area contributed by atoms with Crippen molar-refractivity contribution >= 4 is 23.1 Å². The Bertz CT molecular complexity index is 1710. The first-order valence-electron chi connectivity index (χ1n) is 11.7. The van der Waals surface area contributed by atoms with Crippen molar-refractivity contribution in [2.45, 2.75) is 13.3 Å². The number of nitrogens with zero attached hydrogens (tertiary/aromatic N) is 6. The van der Waals surface area contributed by atoms with E-state index in [-0.39, 0.29) is 23.0 Å². The fourth-order valence-electron chi connectivity index (χ4n) is 3.95. The molecular weight excluding hydrogens is 480 g/mol. The average molecular weight is 503 g/mol. The van der Waals surface area contributed by atoms with Crippen LogP contribution >= 0.6 is 0 Å². The van der Waals surface area contributed by atoms with Crippen molar-refractivity contribution in [2.24, 2.45) is 10.2 Å². The molecule has 0 atom stereocenters. The molecule has 0 saturated heterocycles. The van der Waals surface area contributed by atoms with Crippen LogP contribution < -0.4 is 10.9 Å². The molecule has 186 valence electrons. The zero-order valence-electron chi connectivity index (χ0n) is 20.4. The van der Waals surface area contributed by atoms with E-state index in [1.807, 2.05) is 60.7 Å². The third-order valence-corrected chi connectivity index (χ3v) is 5.72. The summed E-state index contributed by atoms with van der Waals surface area (Å²) in [5.41, 5.74) is 3.35. The lowest BCUT2D eigenvalue weighted by molar-refractivity contribution is -0.114. The Kier molecular flexibility index (Phi) is 6.73. The van der Waals surface area contributed by atoms with Gasteiger partial charge in [0.2, 0.25) is 5.91 Å². The number of H-pyrrole nitrogens is 1. The molecule has 0 spiro atoms. The number of aromatic nitrogens is 4. The van der Waals surface area contributed by atoms with Crippen LogP contribution in [0.3, 0.4) is 0 Å². The van der Waals surface area contributed by atoms with Crippen molar-refractivity contribution in [2.75, 3.05) is 5.32 Å². The van der Waals surface area contributed by atoms with Crippen LogP contribution in [0, 0.1) is 11.3 Å². The van der Waals surface area contributed by atoms with Gasteiger partial charge in [0, 0.05) is 19.0 Å². The molecule has 2 heterocycles. The highest BCUT2D eigenvalue weighted by atomic mass is 16.1. The number of aromatic amines is 1. The Morgan fingerprint density at radius 3 is 2.32 bits per heavy atom. The van der Waals surface area contributed by atoms with Gasteiger partial charge in [0.15, 0.2) is 11.5 Å². The number of hydrogen-bond acceptors (Lipinski definition) is 6. The van der Waals surface area contributed by atoms with Gasteiger partial charge in [-0.3, -0.25) is 14.7 Å². The van der Waals surface area contributed by atoms with Crippen molar-refractivity contribution < 1.29 is 4.79 Å². The minimum Gasteiger partial charge on any atom is -0.326 e. The maximum Gasteiger partial charge on any atom is 0.299 e. The minimum atomic E-state index is -0.406. The molecule has 0 bridgehead atoms. The lowest BCUT2D eigenvalue weighted by Gasteiger charge is -2.05. The van der Waals surface area contributed by atoms with E-state index in [4.69, 9.17) is 0 Å². The van der Waals surface area contributed by atoms with Crippen LogP contribution in [0.1, 0.15) is 23.7 Å².